The predicted octanol–water partition coefficient (Wildman–Crippen LogP) is 3.03. The summed E-state index contributed by atoms with van der Waals surface area (Å²) < 4.78 is 0. The van der Waals surface area contributed by atoms with E-state index in [1.54, 1.807) is 0 Å². The molecule has 2 aromatic rings. The lowest BCUT2D eigenvalue weighted by atomic mass is 9.96. The zero-order chi connectivity index (χ0) is 15.5. The third-order valence-corrected chi connectivity index (χ3v) is 3.15. The zero-order valence-electron chi connectivity index (χ0n) is 12.4. The molecule has 0 fully saturated rings. The molecule has 0 bridgehead atoms. The molecule has 0 aromatic heterocycles. The van der Waals surface area contributed by atoms with Crippen molar-refractivity contribution in [1.29, 1.82) is 0 Å². The fraction of sp³-hybridized carbons (Fsp3) is 0.294. The van der Waals surface area contributed by atoms with Gasteiger partial charge in [-0.05, 0) is 29.5 Å². The van der Waals surface area contributed by atoms with Crippen molar-refractivity contribution in [3.8, 4) is 11.1 Å². The van der Waals surface area contributed by atoms with Gasteiger partial charge < -0.3 is 15.1 Å². The smallest absolute Gasteiger partial charge is 0.402 e. The van der Waals surface area contributed by atoms with Gasteiger partial charge >= 0.3 is 7.32 Å². The summed E-state index contributed by atoms with van der Waals surface area (Å²) >= 11 is 0. The third-order valence-electron chi connectivity index (χ3n) is 3.15. The molecule has 4 heteroatoms. The van der Waals surface area contributed by atoms with Gasteiger partial charge in [-0.1, -0.05) is 74.4 Å². The number of unbranched alkanes of at least 4 members (excludes halogenated alkanes) is 2. The summed E-state index contributed by atoms with van der Waals surface area (Å²) in [6, 6.07) is 19.4. The van der Waals surface area contributed by atoms with Crippen LogP contribution in [0.3, 0.4) is 0 Å². The van der Waals surface area contributed by atoms with Crippen molar-refractivity contribution < 1.29 is 15.1 Å². The molecule has 0 heterocycles. The van der Waals surface area contributed by atoms with E-state index in [2.05, 4.69) is 61.5 Å². The molecule has 112 valence electrons. The van der Waals surface area contributed by atoms with Crippen molar-refractivity contribution in [2.45, 2.75) is 32.6 Å². The van der Waals surface area contributed by atoms with Crippen LogP contribution in [0.15, 0.2) is 54.6 Å². The first kappa shape index (κ1) is 17.4. The fourth-order valence-electron chi connectivity index (χ4n) is 2.20. The first-order valence-corrected chi connectivity index (χ1v) is 7.32. The Balaban J connectivity index is 0.000000491. The van der Waals surface area contributed by atoms with Crippen molar-refractivity contribution in [1.82, 2.24) is 0 Å². The summed E-state index contributed by atoms with van der Waals surface area (Å²) in [5.74, 6) is 0. The maximum Gasteiger partial charge on any atom is 0.631 e. The number of aryl methyl sites for hydroxylation is 1. The zero-order valence-corrected chi connectivity index (χ0v) is 12.4. The minimum Gasteiger partial charge on any atom is -0.402 e. The van der Waals surface area contributed by atoms with Crippen LogP contribution in [0, 0.1) is 0 Å². The highest BCUT2D eigenvalue weighted by Gasteiger charge is 2.03. The molecule has 3 N–H and O–H groups in total. The summed E-state index contributed by atoms with van der Waals surface area (Å²) in [6.45, 7) is 2.25. The topological polar surface area (TPSA) is 60.7 Å². The van der Waals surface area contributed by atoms with Gasteiger partial charge in [-0.2, -0.15) is 0 Å². The number of benzene rings is 2. The van der Waals surface area contributed by atoms with E-state index in [9.17, 15) is 0 Å². The van der Waals surface area contributed by atoms with Crippen molar-refractivity contribution in [2.24, 2.45) is 0 Å². The summed E-state index contributed by atoms with van der Waals surface area (Å²) in [5.41, 5.74) is 4.20. The molecule has 2 aromatic carbocycles. The Hall–Kier alpha value is -1.62. The summed E-state index contributed by atoms with van der Waals surface area (Å²) in [5, 5.41) is 21.5. The van der Waals surface area contributed by atoms with E-state index >= 15 is 0 Å². The maximum absolute atomic E-state index is 7.17. The average Bonchev–Trinajstić information content (AvgIpc) is 2.48. The molecule has 0 spiro atoms. The SMILES string of the molecule is CCCCCc1ccccc1-c1ccccc1.OB(O)O. The van der Waals surface area contributed by atoms with E-state index in [0.29, 0.717) is 0 Å². The van der Waals surface area contributed by atoms with Crippen LogP contribution in [0.5, 0.6) is 0 Å². The van der Waals surface area contributed by atoms with Crippen LogP contribution in [-0.4, -0.2) is 22.4 Å². The van der Waals surface area contributed by atoms with Gasteiger partial charge in [0.1, 0.15) is 0 Å². The van der Waals surface area contributed by atoms with Gasteiger partial charge in [0.05, 0.1) is 0 Å². The van der Waals surface area contributed by atoms with Crippen molar-refractivity contribution in [2.75, 3.05) is 0 Å². The van der Waals surface area contributed by atoms with E-state index in [-0.39, 0.29) is 0 Å². The summed E-state index contributed by atoms with van der Waals surface area (Å²) in [7, 11) is -2.17. The van der Waals surface area contributed by atoms with Crippen LogP contribution in [0.1, 0.15) is 31.7 Å². The lowest BCUT2D eigenvalue weighted by Gasteiger charge is -2.09. The van der Waals surface area contributed by atoms with Crippen LogP contribution < -0.4 is 0 Å². The van der Waals surface area contributed by atoms with E-state index in [4.69, 9.17) is 15.1 Å². The molecule has 3 nitrogen and oxygen atoms in total. The average molecular weight is 286 g/mol. The van der Waals surface area contributed by atoms with Gasteiger partial charge in [-0.25, -0.2) is 0 Å². The monoisotopic (exact) mass is 286 g/mol. The molecule has 0 unspecified atom stereocenters. The van der Waals surface area contributed by atoms with Crippen LogP contribution in [0.25, 0.3) is 11.1 Å². The molecule has 0 aliphatic carbocycles. The van der Waals surface area contributed by atoms with Gasteiger partial charge in [0.2, 0.25) is 0 Å². The van der Waals surface area contributed by atoms with Crippen molar-refractivity contribution in [3.05, 3.63) is 60.2 Å². The molecular formula is C17H23BO3. The second-order valence-corrected chi connectivity index (χ2v) is 4.83. The van der Waals surface area contributed by atoms with Crippen LogP contribution in [0.2, 0.25) is 0 Å². The largest absolute Gasteiger partial charge is 0.631 e. The highest BCUT2D eigenvalue weighted by molar-refractivity contribution is 6.30. The molecule has 0 saturated heterocycles. The second-order valence-electron chi connectivity index (χ2n) is 4.83. The first-order valence-electron chi connectivity index (χ1n) is 7.32. The Labute approximate surface area is 127 Å². The third kappa shape index (κ3) is 7.09. The fourth-order valence-corrected chi connectivity index (χ4v) is 2.20. The van der Waals surface area contributed by atoms with E-state index in [1.165, 1.54) is 42.4 Å². The van der Waals surface area contributed by atoms with Gasteiger partial charge in [-0.3, -0.25) is 0 Å². The minimum absolute atomic E-state index is 1.19. The van der Waals surface area contributed by atoms with E-state index in [1.807, 2.05) is 0 Å². The molecule has 0 aliphatic heterocycles. The van der Waals surface area contributed by atoms with E-state index in [0.717, 1.165) is 0 Å². The standard InChI is InChI=1S/C17H20.BH3O3/c1-2-3-5-10-15-13-8-9-14-17(15)16-11-6-4-7-12-16;2-1(3)4/h4,6-9,11-14H,2-3,5,10H2,1H3;2-4H. The number of hydrogen-bond acceptors (Lipinski definition) is 3. The van der Waals surface area contributed by atoms with E-state index < -0.39 is 7.32 Å². The molecule has 0 atom stereocenters. The Kier molecular flexibility index (Phi) is 8.44. The molecule has 21 heavy (non-hydrogen) atoms. The van der Waals surface area contributed by atoms with Gasteiger partial charge in [0.25, 0.3) is 0 Å². The van der Waals surface area contributed by atoms with Gasteiger partial charge in [0, 0.05) is 0 Å². The Bertz CT molecular complexity index is 498. The lowest BCUT2D eigenvalue weighted by Crippen LogP contribution is -2.07. The predicted molar refractivity (Wildman–Crippen MR) is 87.5 cm³/mol. The number of rotatable bonds is 5. The lowest BCUT2D eigenvalue weighted by molar-refractivity contribution is 0.278. The maximum atomic E-state index is 7.17. The highest BCUT2D eigenvalue weighted by Crippen LogP contribution is 2.24. The molecule has 0 radical (unpaired) electrons. The quantitative estimate of drug-likeness (QED) is 0.585. The molecule has 0 saturated carbocycles. The summed E-state index contributed by atoms with van der Waals surface area (Å²) in [6.07, 6.45) is 5.09. The first-order chi connectivity index (χ1) is 10.1. The summed E-state index contributed by atoms with van der Waals surface area (Å²) in [4.78, 5) is 0. The number of hydrogen-bond donors (Lipinski definition) is 3. The normalized spacial score (nSPS) is 9.71. The Morgan fingerprint density at radius 3 is 2.00 bits per heavy atom. The Morgan fingerprint density at radius 2 is 1.38 bits per heavy atom. The van der Waals surface area contributed by atoms with Gasteiger partial charge in [-0.15, -0.1) is 0 Å². The van der Waals surface area contributed by atoms with Crippen molar-refractivity contribution >= 4 is 7.32 Å². The van der Waals surface area contributed by atoms with Crippen molar-refractivity contribution in [3.63, 3.8) is 0 Å². The molecule has 2 rings (SSSR count). The van der Waals surface area contributed by atoms with Crippen LogP contribution in [0.4, 0.5) is 0 Å². The second kappa shape index (κ2) is 10.2. The molecular weight excluding hydrogens is 263 g/mol. The highest BCUT2D eigenvalue weighted by atomic mass is 16.5. The van der Waals surface area contributed by atoms with Crippen LogP contribution >= 0.6 is 0 Å². The molecule has 0 amide bonds. The van der Waals surface area contributed by atoms with Crippen LogP contribution in [-0.2, 0) is 6.42 Å². The Morgan fingerprint density at radius 1 is 0.810 bits per heavy atom. The molecule has 0 aliphatic rings. The van der Waals surface area contributed by atoms with Gasteiger partial charge in [0.15, 0.2) is 0 Å². The minimum atomic E-state index is -2.17.